The average molecular weight is 383 g/mol. The molecule has 0 atom stereocenters. The van der Waals surface area contributed by atoms with Crippen molar-refractivity contribution in [3.05, 3.63) is 48.0 Å². The molecule has 0 unspecified atom stereocenters. The standard InChI is InChI=1S/C22H29N3O3/c1-16(2)24-11-13-25(14-12-24)19-8-6-18(7-9-19)23-22(26)17-5-10-20(27-3)21(15-17)28-4/h5-10,15-16H,11-14H2,1-4H3,(H,23,26). The lowest BCUT2D eigenvalue weighted by molar-refractivity contribution is 0.102. The first-order chi connectivity index (χ1) is 13.5. The summed E-state index contributed by atoms with van der Waals surface area (Å²) in [6, 6.07) is 13.7. The van der Waals surface area contributed by atoms with Crippen LogP contribution in [-0.2, 0) is 0 Å². The van der Waals surface area contributed by atoms with Gasteiger partial charge in [0.05, 0.1) is 14.2 Å². The van der Waals surface area contributed by atoms with Gasteiger partial charge in [-0.05, 0) is 56.3 Å². The summed E-state index contributed by atoms with van der Waals surface area (Å²) in [5.74, 6) is 0.950. The summed E-state index contributed by atoms with van der Waals surface area (Å²) in [5.41, 5.74) is 2.48. The molecule has 0 aliphatic carbocycles. The molecule has 3 rings (SSSR count). The summed E-state index contributed by atoms with van der Waals surface area (Å²) in [4.78, 5) is 17.4. The van der Waals surface area contributed by atoms with Gasteiger partial charge in [-0.1, -0.05) is 0 Å². The molecule has 1 fully saturated rings. The molecule has 2 aromatic rings. The number of methoxy groups -OCH3 is 2. The minimum atomic E-state index is -0.181. The van der Waals surface area contributed by atoms with E-state index in [2.05, 4.69) is 41.1 Å². The van der Waals surface area contributed by atoms with Crippen LogP contribution < -0.4 is 19.7 Å². The van der Waals surface area contributed by atoms with E-state index in [0.29, 0.717) is 23.1 Å². The van der Waals surface area contributed by atoms with Crippen molar-refractivity contribution in [2.45, 2.75) is 19.9 Å². The Bertz CT molecular complexity index is 797. The highest BCUT2D eigenvalue weighted by molar-refractivity contribution is 6.04. The second-order valence-electron chi connectivity index (χ2n) is 7.19. The summed E-state index contributed by atoms with van der Waals surface area (Å²) >= 11 is 0. The number of ether oxygens (including phenoxy) is 2. The first kappa shape index (κ1) is 20.0. The molecule has 28 heavy (non-hydrogen) atoms. The molecule has 0 radical (unpaired) electrons. The highest BCUT2D eigenvalue weighted by Gasteiger charge is 2.19. The molecule has 1 saturated heterocycles. The van der Waals surface area contributed by atoms with Crippen LogP contribution >= 0.6 is 0 Å². The topological polar surface area (TPSA) is 54.0 Å². The molecule has 0 aromatic heterocycles. The fourth-order valence-corrected chi connectivity index (χ4v) is 3.43. The Kier molecular flexibility index (Phi) is 6.41. The largest absolute Gasteiger partial charge is 0.493 e. The van der Waals surface area contributed by atoms with Gasteiger partial charge < -0.3 is 19.7 Å². The first-order valence-corrected chi connectivity index (χ1v) is 9.64. The number of carbonyl (C=O) groups is 1. The quantitative estimate of drug-likeness (QED) is 0.828. The van der Waals surface area contributed by atoms with Gasteiger partial charge in [-0.3, -0.25) is 9.69 Å². The van der Waals surface area contributed by atoms with E-state index in [-0.39, 0.29) is 5.91 Å². The van der Waals surface area contributed by atoms with E-state index in [1.807, 2.05) is 12.1 Å². The van der Waals surface area contributed by atoms with Crippen molar-refractivity contribution in [3.8, 4) is 11.5 Å². The third kappa shape index (κ3) is 4.57. The van der Waals surface area contributed by atoms with Crippen LogP contribution in [0.3, 0.4) is 0 Å². The third-order valence-corrected chi connectivity index (χ3v) is 5.18. The van der Waals surface area contributed by atoms with Crippen LogP contribution in [0.2, 0.25) is 0 Å². The predicted octanol–water partition coefficient (Wildman–Crippen LogP) is 3.49. The van der Waals surface area contributed by atoms with E-state index >= 15 is 0 Å². The molecule has 0 bridgehead atoms. The van der Waals surface area contributed by atoms with Crippen molar-refractivity contribution in [3.63, 3.8) is 0 Å². The van der Waals surface area contributed by atoms with Crippen molar-refractivity contribution in [2.75, 3.05) is 50.6 Å². The summed E-state index contributed by atoms with van der Waals surface area (Å²) in [6.07, 6.45) is 0. The lowest BCUT2D eigenvalue weighted by Crippen LogP contribution is -2.48. The average Bonchev–Trinajstić information content (AvgIpc) is 2.73. The Labute approximate surface area is 167 Å². The van der Waals surface area contributed by atoms with Crippen LogP contribution in [0.15, 0.2) is 42.5 Å². The van der Waals surface area contributed by atoms with E-state index in [4.69, 9.17) is 9.47 Å². The summed E-state index contributed by atoms with van der Waals surface area (Å²) in [7, 11) is 3.13. The SMILES string of the molecule is COc1ccc(C(=O)Nc2ccc(N3CCN(C(C)C)CC3)cc2)cc1OC. The van der Waals surface area contributed by atoms with Crippen LogP contribution in [0.1, 0.15) is 24.2 Å². The van der Waals surface area contributed by atoms with Gasteiger partial charge in [0.25, 0.3) is 5.91 Å². The second-order valence-corrected chi connectivity index (χ2v) is 7.19. The maximum Gasteiger partial charge on any atom is 0.255 e. The number of benzene rings is 2. The molecule has 0 spiro atoms. The summed E-state index contributed by atoms with van der Waals surface area (Å²) in [6.45, 7) is 8.69. The van der Waals surface area contributed by atoms with Crippen LogP contribution in [-0.4, -0.2) is 57.2 Å². The number of carbonyl (C=O) groups excluding carboxylic acids is 1. The number of piperazine rings is 1. The zero-order valence-electron chi connectivity index (χ0n) is 17.1. The van der Waals surface area contributed by atoms with Crippen molar-refractivity contribution in [1.82, 2.24) is 4.90 Å². The number of amides is 1. The smallest absolute Gasteiger partial charge is 0.255 e. The molecule has 0 saturated carbocycles. The fraction of sp³-hybridized carbons (Fsp3) is 0.409. The van der Waals surface area contributed by atoms with Gasteiger partial charge in [0.2, 0.25) is 0 Å². The highest BCUT2D eigenvalue weighted by atomic mass is 16.5. The Morgan fingerprint density at radius 1 is 0.929 bits per heavy atom. The van der Waals surface area contributed by atoms with Gasteiger partial charge in [-0.2, -0.15) is 0 Å². The molecule has 6 heteroatoms. The van der Waals surface area contributed by atoms with Crippen LogP contribution in [0, 0.1) is 0 Å². The van der Waals surface area contributed by atoms with Crippen molar-refractivity contribution in [2.24, 2.45) is 0 Å². The minimum absolute atomic E-state index is 0.181. The predicted molar refractivity (Wildman–Crippen MR) is 113 cm³/mol. The molecular formula is C22H29N3O3. The second kappa shape index (κ2) is 8.97. The molecular weight excluding hydrogens is 354 g/mol. The number of nitrogens with one attached hydrogen (secondary N) is 1. The lowest BCUT2D eigenvalue weighted by atomic mass is 10.1. The van der Waals surface area contributed by atoms with Crippen LogP contribution in [0.4, 0.5) is 11.4 Å². The Morgan fingerprint density at radius 2 is 1.57 bits per heavy atom. The molecule has 1 aliphatic rings. The molecule has 150 valence electrons. The number of hydrogen-bond acceptors (Lipinski definition) is 5. The normalized spacial score (nSPS) is 14.8. The first-order valence-electron chi connectivity index (χ1n) is 9.64. The van der Waals surface area contributed by atoms with Crippen molar-refractivity contribution < 1.29 is 14.3 Å². The molecule has 1 heterocycles. The Hall–Kier alpha value is -2.73. The molecule has 6 nitrogen and oxygen atoms in total. The van der Waals surface area contributed by atoms with Crippen molar-refractivity contribution in [1.29, 1.82) is 0 Å². The Balaban J connectivity index is 1.62. The number of rotatable bonds is 6. The molecule has 1 amide bonds. The highest BCUT2D eigenvalue weighted by Crippen LogP contribution is 2.28. The van der Waals surface area contributed by atoms with Gasteiger partial charge >= 0.3 is 0 Å². The van der Waals surface area contributed by atoms with Gasteiger partial charge in [0, 0.05) is 49.2 Å². The lowest BCUT2D eigenvalue weighted by Gasteiger charge is -2.38. The van der Waals surface area contributed by atoms with E-state index in [1.165, 1.54) is 5.69 Å². The molecule has 2 aromatic carbocycles. The summed E-state index contributed by atoms with van der Waals surface area (Å²) < 4.78 is 10.5. The Morgan fingerprint density at radius 3 is 2.14 bits per heavy atom. The monoisotopic (exact) mass is 383 g/mol. The zero-order chi connectivity index (χ0) is 20.1. The maximum absolute atomic E-state index is 12.5. The van der Waals surface area contributed by atoms with E-state index in [9.17, 15) is 4.79 Å². The van der Waals surface area contributed by atoms with Crippen LogP contribution in [0.5, 0.6) is 11.5 Å². The molecule has 1 aliphatic heterocycles. The summed E-state index contributed by atoms with van der Waals surface area (Å²) in [5, 5.41) is 2.94. The number of anilines is 2. The number of nitrogens with zero attached hydrogens (tertiary/aromatic N) is 2. The van der Waals surface area contributed by atoms with Gasteiger partial charge in [0.1, 0.15) is 0 Å². The van der Waals surface area contributed by atoms with E-state index < -0.39 is 0 Å². The van der Waals surface area contributed by atoms with Gasteiger partial charge in [-0.25, -0.2) is 0 Å². The fourth-order valence-electron chi connectivity index (χ4n) is 3.43. The van der Waals surface area contributed by atoms with Crippen LogP contribution in [0.25, 0.3) is 0 Å². The van der Waals surface area contributed by atoms with E-state index in [0.717, 1.165) is 31.9 Å². The van der Waals surface area contributed by atoms with Gasteiger partial charge in [-0.15, -0.1) is 0 Å². The molecule has 1 N–H and O–H groups in total. The number of hydrogen-bond donors (Lipinski definition) is 1. The maximum atomic E-state index is 12.5. The van der Waals surface area contributed by atoms with Gasteiger partial charge in [0.15, 0.2) is 11.5 Å². The third-order valence-electron chi connectivity index (χ3n) is 5.18. The van der Waals surface area contributed by atoms with Crippen molar-refractivity contribution >= 4 is 17.3 Å². The zero-order valence-corrected chi connectivity index (χ0v) is 17.1. The minimum Gasteiger partial charge on any atom is -0.493 e. The van der Waals surface area contributed by atoms with E-state index in [1.54, 1.807) is 32.4 Å².